The van der Waals surface area contributed by atoms with E-state index in [1.807, 2.05) is 11.3 Å². The molecule has 92 valence electrons. The molecule has 2 N–H and O–H groups in total. The van der Waals surface area contributed by atoms with Crippen LogP contribution in [-0.4, -0.2) is 24.5 Å². The number of hydrogen-bond acceptors (Lipinski definition) is 3. The van der Waals surface area contributed by atoms with E-state index in [1.165, 1.54) is 35.7 Å². The van der Waals surface area contributed by atoms with Crippen LogP contribution < -0.4 is 5.73 Å². The van der Waals surface area contributed by atoms with Gasteiger partial charge in [-0.15, -0.1) is 23.7 Å². The number of nitrogens with zero attached hydrogens (tertiary/aromatic N) is 1. The Kier molecular flexibility index (Phi) is 5.76. The first-order chi connectivity index (χ1) is 7.28. The van der Waals surface area contributed by atoms with Gasteiger partial charge in [-0.2, -0.15) is 0 Å². The molecule has 0 radical (unpaired) electrons. The summed E-state index contributed by atoms with van der Waals surface area (Å²) in [6.07, 6.45) is 2.63. The highest BCUT2D eigenvalue weighted by molar-refractivity contribution is 7.11. The van der Waals surface area contributed by atoms with Crippen LogP contribution in [0.25, 0.3) is 0 Å². The van der Waals surface area contributed by atoms with E-state index in [0.29, 0.717) is 0 Å². The standard InChI is InChI=1S/C12H20N2S.ClH/c1-10-4-5-12(15-10)9-14-6-2-3-11(7-13)8-14;/h4-5,11H,2-3,6-9,13H2,1H3;1H. The quantitative estimate of drug-likeness (QED) is 0.906. The van der Waals surface area contributed by atoms with Gasteiger partial charge in [-0.3, -0.25) is 4.90 Å². The van der Waals surface area contributed by atoms with E-state index in [2.05, 4.69) is 24.0 Å². The van der Waals surface area contributed by atoms with E-state index in [4.69, 9.17) is 5.73 Å². The first-order valence-electron chi connectivity index (χ1n) is 5.75. The molecule has 1 unspecified atom stereocenters. The third-order valence-corrected chi connectivity index (χ3v) is 4.10. The van der Waals surface area contributed by atoms with Crippen molar-refractivity contribution in [3.8, 4) is 0 Å². The van der Waals surface area contributed by atoms with Crippen LogP contribution in [0.3, 0.4) is 0 Å². The monoisotopic (exact) mass is 260 g/mol. The highest BCUT2D eigenvalue weighted by Gasteiger charge is 2.18. The van der Waals surface area contributed by atoms with Gasteiger partial charge in [0.2, 0.25) is 0 Å². The zero-order valence-corrected chi connectivity index (χ0v) is 11.4. The summed E-state index contributed by atoms with van der Waals surface area (Å²) in [6.45, 7) is 6.57. The lowest BCUT2D eigenvalue weighted by Crippen LogP contribution is -2.37. The van der Waals surface area contributed by atoms with Crippen LogP contribution in [0.5, 0.6) is 0 Å². The smallest absolute Gasteiger partial charge is 0.0328 e. The highest BCUT2D eigenvalue weighted by Crippen LogP contribution is 2.21. The summed E-state index contributed by atoms with van der Waals surface area (Å²) < 4.78 is 0. The van der Waals surface area contributed by atoms with Crippen molar-refractivity contribution in [3.05, 3.63) is 21.9 Å². The van der Waals surface area contributed by atoms with E-state index in [9.17, 15) is 0 Å². The topological polar surface area (TPSA) is 29.3 Å². The molecule has 1 aromatic heterocycles. The molecule has 0 aliphatic carbocycles. The molecule has 1 aliphatic rings. The maximum absolute atomic E-state index is 5.74. The summed E-state index contributed by atoms with van der Waals surface area (Å²) in [5.74, 6) is 0.722. The van der Waals surface area contributed by atoms with Gasteiger partial charge in [0.15, 0.2) is 0 Å². The number of nitrogens with two attached hydrogens (primary N) is 1. The molecule has 0 spiro atoms. The predicted octanol–water partition coefficient (Wildman–Crippen LogP) is 2.65. The Morgan fingerprint density at radius 2 is 2.31 bits per heavy atom. The average molecular weight is 261 g/mol. The molecule has 2 rings (SSSR count). The van der Waals surface area contributed by atoms with E-state index >= 15 is 0 Å². The Morgan fingerprint density at radius 3 is 2.94 bits per heavy atom. The summed E-state index contributed by atoms with van der Waals surface area (Å²) in [6, 6.07) is 4.47. The zero-order valence-electron chi connectivity index (χ0n) is 9.82. The maximum atomic E-state index is 5.74. The molecule has 1 atom stereocenters. The second-order valence-electron chi connectivity index (χ2n) is 4.49. The predicted molar refractivity (Wildman–Crippen MR) is 73.4 cm³/mol. The molecule has 2 nitrogen and oxygen atoms in total. The molecule has 1 aliphatic heterocycles. The Morgan fingerprint density at radius 1 is 1.50 bits per heavy atom. The Hall–Kier alpha value is -0.0900. The SMILES string of the molecule is Cc1ccc(CN2CCCC(CN)C2)s1.Cl. The minimum atomic E-state index is 0. The van der Waals surface area contributed by atoms with E-state index in [0.717, 1.165) is 19.0 Å². The van der Waals surface area contributed by atoms with Crippen LogP contribution >= 0.6 is 23.7 Å². The number of likely N-dealkylation sites (tertiary alicyclic amines) is 1. The van der Waals surface area contributed by atoms with Gasteiger partial charge < -0.3 is 5.73 Å². The van der Waals surface area contributed by atoms with Crippen molar-refractivity contribution < 1.29 is 0 Å². The van der Waals surface area contributed by atoms with Gasteiger partial charge in [-0.05, 0) is 50.9 Å². The zero-order chi connectivity index (χ0) is 10.7. The average Bonchev–Trinajstić information content (AvgIpc) is 2.64. The second kappa shape index (κ2) is 6.60. The Labute approximate surface area is 108 Å². The molecule has 4 heteroatoms. The fourth-order valence-corrected chi connectivity index (χ4v) is 3.21. The van der Waals surface area contributed by atoms with Gasteiger partial charge in [0.05, 0.1) is 0 Å². The molecular formula is C12H21ClN2S. The number of piperidine rings is 1. The lowest BCUT2D eigenvalue weighted by molar-refractivity contribution is 0.172. The first kappa shape index (κ1) is 14.0. The van der Waals surface area contributed by atoms with Crippen molar-refractivity contribution in [1.82, 2.24) is 4.90 Å². The molecular weight excluding hydrogens is 240 g/mol. The van der Waals surface area contributed by atoms with Gasteiger partial charge >= 0.3 is 0 Å². The molecule has 0 bridgehead atoms. The Bertz CT molecular complexity index is 314. The summed E-state index contributed by atoms with van der Waals surface area (Å²) in [5, 5.41) is 0. The minimum Gasteiger partial charge on any atom is -0.330 e. The van der Waals surface area contributed by atoms with Crippen molar-refractivity contribution >= 4 is 23.7 Å². The van der Waals surface area contributed by atoms with Crippen molar-refractivity contribution in [2.45, 2.75) is 26.3 Å². The van der Waals surface area contributed by atoms with Crippen molar-refractivity contribution in [1.29, 1.82) is 0 Å². The van der Waals surface area contributed by atoms with Gasteiger partial charge in [0, 0.05) is 22.8 Å². The van der Waals surface area contributed by atoms with Crippen LogP contribution in [0.4, 0.5) is 0 Å². The maximum Gasteiger partial charge on any atom is 0.0328 e. The van der Waals surface area contributed by atoms with Crippen LogP contribution in [0.15, 0.2) is 12.1 Å². The summed E-state index contributed by atoms with van der Waals surface area (Å²) in [4.78, 5) is 5.45. The van der Waals surface area contributed by atoms with Gasteiger partial charge in [-0.25, -0.2) is 0 Å². The third kappa shape index (κ3) is 3.74. The van der Waals surface area contributed by atoms with Gasteiger partial charge in [0.25, 0.3) is 0 Å². The van der Waals surface area contributed by atoms with E-state index < -0.39 is 0 Å². The van der Waals surface area contributed by atoms with Crippen molar-refractivity contribution in [3.63, 3.8) is 0 Å². The number of thiophene rings is 1. The van der Waals surface area contributed by atoms with E-state index in [1.54, 1.807) is 0 Å². The number of hydrogen-bond donors (Lipinski definition) is 1. The number of rotatable bonds is 3. The van der Waals surface area contributed by atoms with Gasteiger partial charge in [-0.1, -0.05) is 0 Å². The van der Waals surface area contributed by atoms with Gasteiger partial charge in [0.1, 0.15) is 0 Å². The van der Waals surface area contributed by atoms with Crippen LogP contribution in [0.2, 0.25) is 0 Å². The molecule has 0 amide bonds. The normalized spacial score (nSPS) is 21.8. The Balaban J connectivity index is 0.00000128. The molecule has 1 saturated heterocycles. The van der Waals surface area contributed by atoms with Crippen molar-refractivity contribution in [2.24, 2.45) is 11.7 Å². The second-order valence-corrected chi connectivity index (χ2v) is 5.86. The summed E-state index contributed by atoms with van der Waals surface area (Å²) >= 11 is 1.92. The number of halogens is 1. The lowest BCUT2D eigenvalue weighted by atomic mass is 9.98. The highest BCUT2D eigenvalue weighted by atomic mass is 35.5. The van der Waals surface area contributed by atoms with Crippen molar-refractivity contribution in [2.75, 3.05) is 19.6 Å². The number of aryl methyl sites for hydroxylation is 1. The largest absolute Gasteiger partial charge is 0.330 e. The van der Waals surface area contributed by atoms with Crippen LogP contribution in [0.1, 0.15) is 22.6 Å². The molecule has 0 aromatic carbocycles. The molecule has 1 aromatic rings. The first-order valence-corrected chi connectivity index (χ1v) is 6.57. The molecule has 2 heterocycles. The fraction of sp³-hybridized carbons (Fsp3) is 0.667. The van der Waals surface area contributed by atoms with E-state index in [-0.39, 0.29) is 12.4 Å². The molecule has 0 saturated carbocycles. The van der Waals surface area contributed by atoms with Crippen LogP contribution in [-0.2, 0) is 6.54 Å². The van der Waals surface area contributed by atoms with Crippen LogP contribution in [0, 0.1) is 12.8 Å². The summed E-state index contributed by atoms with van der Waals surface area (Å²) in [7, 11) is 0. The molecule has 1 fully saturated rings. The fourth-order valence-electron chi connectivity index (χ4n) is 2.28. The lowest BCUT2D eigenvalue weighted by Gasteiger charge is -2.31. The third-order valence-electron chi connectivity index (χ3n) is 3.11. The summed E-state index contributed by atoms with van der Waals surface area (Å²) in [5.41, 5.74) is 5.74. The molecule has 16 heavy (non-hydrogen) atoms. The minimum absolute atomic E-state index is 0.